The molecule has 1 aliphatic heterocycles. The highest BCUT2D eigenvalue weighted by Crippen LogP contribution is 2.34. The lowest BCUT2D eigenvalue weighted by Gasteiger charge is -2.27. The first-order valence-electron chi connectivity index (χ1n) is 11.4. The number of carbonyl (C=O) groups excluding carboxylic acids is 2. The number of carboxylic acids is 5. The minimum absolute atomic E-state index is 0.00917. The largest absolute Gasteiger partial charge is 0.478 e. The summed E-state index contributed by atoms with van der Waals surface area (Å²) in [5.74, 6) is -8.25. The number of cyclic esters (lactones) is 2. The van der Waals surface area contributed by atoms with Gasteiger partial charge in [-0.2, -0.15) is 0 Å². The molecule has 13 nitrogen and oxygen atoms in total. The van der Waals surface area contributed by atoms with Crippen LogP contribution in [-0.2, 0) is 10.2 Å². The zero-order chi connectivity index (χ0) is 30.8. The molecule has 0 amide bonds. The Morgan fingerprint density at radius 2 is 0.951 bits per heavy atom. The van der Waals surface area contributed by atoms with Crippen LogP contribution in [0.15, 0.2) is 54.6 Å². The topological polar surface area (TPSA) is 230 Å². The molecule has 3 aromatic rings. The fourth-order valence-corrected chi connectivity index (χ4v) is 3.98. The standard InChI is InChI=1S/C19H16O8.C9H4O5/c1-19(2,9-3-5-11(15(20)21)13(7-9)17(24)25)10-4-6-12(16(22)23)14(8-10)18(26)27;10-7(11)4-1-2-5-6(3-4)9(13)14-8(5)12/h3-8H,1-2H3,(H,20,21)(H,22,23)(H,24,25)(H,26,27);1-3H,(H,10,11). The Balaban J connectivity index is 0.000000275. The molecule has 0 atom stereocenters. The Morgan fingerprint density at radius 1 is 0.537 bits per heavy atom. The van der Waals surface area contributed by atoms with Crippen LogP contribution in [0.4, 0.5) is 0 Å². The highest BCUT2D eigenvalue weighted by atomic mass is 16.6. The second-order valence-electron chi connectivity index (χ2n) is 9.11. The van der Waals surface area contributed by atoms with Gasteiger partial charge in [-0.05, 0) is 53.6 Å². The van der Waals surface area contributed by atoms with Gasteiger partial charge in [0.05, 0.1) is 38.9 Å². The second kappa shape index (κ2) is 11.1. The summed E-state index contributed by atoms with van der Waals surface area (Å²) in [5.41, 5.74) is -1.49. The van der Waals surface area contributed by atoms with Crippen molar-refractivity contribution in [2.45, 2.75) is 19.3 Å². The van der Waals surface area contributed by atoms with E-state index in [2.05, 4.69) is 4.74 Å². The monoisotopic (exact) mass is 564 g/mol. The first kappa shape index (κ1) is 29.7. The number of rotatable bonds is 7. The third-order valence-electron chi connectivity index (χ3n) is 6.30. The van der Waals surface area contributed by atoms with Crippen molar-refractivity contribution in [2.24, 2.45) is 0 Å². The van der Waals surface area contributed by atoms with Crippen molar-refractivity contribution in [3.63, 3.8) is 0 Å². The van der Waals surface area contributed by atoms with Gasteiger partial charge in [-0.3, -0.25) is 0 Å². The molecule has 1 heterocycles. The van der Waals surface area contributed by atoms with E-state index in [0.29, 0.717) is 11.1 Å². The number of hydrogen-bond acceptors (Lipinski definition) is 8. The number of carbonyl (C=O) groups is 7. The van der Waals surface area contributed by atoms with Crippen molar-refractivity contribution in [3.05, 3.63) is 105 Å². The summed E-state index contributed by atoms with van der Waals surface area (Å²) in [6, 6.07) is 11.3. The molecule has 0 bridgehead atoms. The van der Waals surface area contributed by atoms with Crippen LogP contribution in [0.5, 0.6) is 0 Å². The molecule has 0 aliphatic carbocycles. The first-order chi connectivity index (χ1) is 19.1. The van der Waals surface area contributed by atoms with E-state index in [1.165, 1.54) is 48.5 Å². The molecular formula is C28H20O13. The van der Waals surface area contributed by atoms with Crippen molar-refractivity contribution < 1.29 is 63.8 Å². The maximum Gasteiger partial charge on any atom is 0.346 e. The van der Waals surface area contributed by atoms with Crippen molar-refractivity contribution >= 4 is 41.8 Å². The highest BCUT2D eigenvalue weighted by molar-refractivity contribution is 6.15. The van der Waals surface area contributed by atoms with Crippen LogP contribution in [0.2, 0.25) is 0 Å². The molecule has 0 saturated carbocycles. The van der Waals surface area contributed by atoms with Gasteiger partial charge in [0, 0.05) is 5.41 Å². The van der Waals surface area contributed by atoms with Crippen molar-refractivity contribution in [1.82, 2.24) is 0 Å². The van der Waals surface area contributed by atoms with Gasteiger partial charge in [0.1, 0.15) is 0 Å². The maximum absolute atomic E-state index is 11.4. The van der Waals surface area contributed by atoms with Crippen molar-refractivity contribution in [3.8, 4) is 0 Å². The lowest BCUT2D eigenvalue weighted by atomic mass is 9.76. The fourth-order valence-electron chi connectivity index (χ4n) is 3.98. The van der Waals surface area contributed by atoms with E-state index in [9.17, 15) is 43.8 Å². The maximum atomic E-state index is 11.4. The molecule has 4 rings (SSSR count). The zero-order valence-electron chi connectivity index (χ0n) is 21.2. The predicted octanol–water partition coefficient (Wildman–Crippen LogP) is 3.50. The van der Waals surface area contributed by atoms with Crippen LogP contribution in [0.3, 0.4) is 0 Å². The predicted molar refractivity (Wildman–Crippen MR) is 136 cm³/mol. The molecule has 3 aromatic carbocycles. The van der Waals surface area contributed by atoms with Gasteiger partial charge in [-0.15, -0.1) is 0 Å². The number of benzene rings is 3. The van der Waals surface area contributed by atoms with Gasteiger partial charge in [-0.1, -0.05) is 26.0 Å². The molecule has 0 saturated heterocycles. The van der Waals surface area contributed by atoms with Gasteiger partial charge in [0.15, 0.2) is 0 Å². The molecule has 41 heavy (non-hydrogen) atoms. The van der Waals surface area contributed by atoms with E-state index >= 15 is 0 Å². The first-order valence-corrected chi connectivity index (χ1v) is 11.4. The lowest BCUT2D eigenvalue weighted by Crippen LogP contribution is -2.22. The molecule has 13 heteroatoms. The van der Waals surface area contributed by atoms with E-state index in [-0.39, 0.29) is 27.8 Å². The lowest BCUT2D eigenvalue weighted by molar-refractivity contribution is 0.0441. The van der Waals surface area contributed by atoms with Gasteiger partial charge in [-0.25, -0.2) is 33.6 Å². The molecular weight excluding hydrogens is 544 g/mol. The Bertz CT molecular complexity index is 1590. The van der Waals surface area contributed by atoms with E-state index in [0.717, 1.165) is 6.07 Å². The smallest absolute Gasteiger partial charge is 0.346 e. The zero-order valence-corrected chi connectivity index (χ0v) is 21.2. The van der Waals surface area contributed by atoms with Crippen LogP contribution < -0.4 is 0 Å². The summed E-state index contributed by atoms with van der Waals surface area (Å²) in [4.78, 5) is 77.7. The normalized spacial score (nSPS) is 12.0. The Morgan fingerprint density at radius 3 is 1.34 bits per heavy atom. The molecule has 1 aliphatic rings. The van der Waals surface area contributed by atoms with Crippen molar-refractivity contribution in [1.29, 1.82) is 0 Å². The SMILES string of the molecule is CC(C)(c1ccc(C(=O)O)c(C(=O)O)c1)c1ccc(C(=O)O)c(C(=O)O)c1.O=C(O)c1ccc2c(c1)C(=O)OC2=O. The minimum Gasteiger partial charge on any atom is -0.478 e. The van der Waals surface area contributed by atoms with E-state index < -0.39 is 58.3 Å². The van der Waals surface area contributed by atoms with E-state index in [1.807, 2.05) is 0 Å². The summed E-state index contributed by atoms with van der Waals surface area (Å²) in [5, 5.41) is 45.4. The quantitative estimate of drug-likeness (QED) is 0.205. The van der Waals surface area contributed by atoms with Crippen LogP contribution in [0.25, 0.3) is 0 Å². The Kier molecular flexibility index (Phi) is 8.04. The van der Waals surface area contributed by atoms with E-state index in [1.54, 1.807) is 13.8 Å². The average molecular weight is 564 g/mol. The van der Waals surface area contributed by atoms with Gasteiger partial charge in [0.2, 0.25) is 0 Å². The van der Waals surface area contributed by atoms with Gasteiger partial charge < -0.3 is 30.3 Å². The summed E-state index contributed by atoms with van der Waals surface area (Å²) < 4.78 is 4.30. The third-order valence-corrected chi connectivity index (χ3v) is 6.30. The van der Waals surface area contributed by atoms with Crippen LogP contribution in [0, 0.1) is 0 Å². The van der Waals surface area contributed by atoms with Gasteiger partial charge >= 0.3 is 41.8 Å². The molecule has 210 valence electrons. The molecule has 0 spiro atoms. The summed E-state index contributed by atoms with van der Waals surface area (Å²) >= 11 is 0. The molecule has 0 aromatic heterocycles. The number of esters is 2. The summed E-state index contributed by atoms with van der Waals surface area (Å²) in [6.45, 7) is 3.38. The van der Waals surface area contributed by atoms with E-state index in [4.69, 9.17) is 15.3 Å². The van der Waals surface area contributed by atoms with Crippen LogP contribution in [0.1, 0.15) is 97.5 Å². The van der Waals surface area contributed by atoms with Gasteiger partial charge in [0.25, 0.3) is 0 Å². The van der Waals surface area contributed by atoms with Crippen molar-refractivity contribution in [2.75, 3.05) is 0 Å². The third kappa shape index (κ3) is 5.93. The molecule has 0 radical (unpaired) electrons. The second-order valence-corrected chi connectivity index (χ2v) is 9.11. The average Bonchev–Trinajstić information content (AvgIpc) is 3.20. The minimum atomic E-state index is -1.41. The number of fused-ring (bicyclic) bond motifs is 1. The number of carboxylic acid groups (broad SMARTS) is 5. The Labute approximate surface area is 229 Å². The summed E-state index contributed by atoms with van der Waals surface area (Å²) in [7, 11) is 0. The molecule has 5 N–H and O–H groups in total. The highest BCUT2D eigenvalue weighted by Gasteiger charge is 2.31. The fraction of sp³-hybridized carbons (Fsp3) is 0.107. The number of hydrogen-bond donors (Lipinski definition) is 5. The van der Waals surface area contributed by atoms with Crippen LogP contribution >= 0.6 is 0 Å². The Hall–Kier alpha value is -5.85. The van der Waals surface area contributed by atoms with Crippen LogP contribution in [-0.4, -0.2) is 67.3 Å². The molecule has 0 fully saturated rings. The summed E-state index contributed by atoms with van der Waals surface area (Å²) in [6.07, 6.45) is 0. The number of aromatic carboxylic acids is 5. The number of ether oxygens (including phenoxy) is 1. The molecule has 0 unspecified atom stereocenters.